The molecule has 1 fully saturated rings. The van der Waals surface area contributed by atoms with Crippen molar-refractivity contribution in [2.45, 2.75) is 12.8 Å². The summed E-state index contributed by atoms with van der Waals surface area (Å²) in [5, 5.41) is 0. The first-order chi connectivity index (χ1) is 14.2. The Balaban J connectivity index is 1.34. The van der Waals surface area contributed by atoms with Crippen LogP contribution in [-0.2, 0) is 0 Å². The first-order valence-electron chi connectivity index (χ1n) is 9.92. The molecule has 0 N–H and O–H groups in total. The molecule has 0 unspecified atom stereocenters. The van der Waals surface area contributed by atoms with Gasteiger partial charge in [-0.05, 0) is 49.2 Å². The van der Waals surface area contributed by atoms with E-state index >= 15 is 0 Å². The van der Waals surface area contributed by atoms with Crippen molar-refractivity contribution in [2.24, 2.45) is 5.92 Å². The van der Waals surface area contributed by atoms with Crippen LogP contribution in [0.1, 0.15) is 33.6 Å². The molecule has 29 heavy (non-hydrogen) atoms. The van der Waals surface area contributed by atoms with E-state index in [0.29, 0.717) is 37.2 Å². The predicted molar refractivity (Wildman–Crippen MR) is 112 cm³/mol. The van der Waals surface area contributed by atoms with Crippen LogP contribution >= 0.6 is 0 Å². The fourth-order valence-corrected chi connectivity index (χ4v) is 3.66. The summed E-state index contributed by atoms with van der Waals surface area (Å²) in [6, 6.07) is 26.2. The van der Waals surface area contributed by atoms with Gasteiger partial charge in [-0.25, -0.2) is 0 Å². The van der Waals surface area contributed by atoms with Crippen molar-refractivity contribution >= 4 is 11.7 Å². The number of hydrogen-bond acceptors (Lipinski definition) is 3. The monoisotopic (exact) mass is 385 g/mol. The fraction of sp³-hybridized carbons (Fsp3) is 0.200. The minimum absolute atomic E-state index is 0.00173. The number of piperidine rings is 1. The molecule has 4 rings (SSSR count). The number of likely N-dealkylation sites (tertiary alicyclic amines) is 1. The van der Waals surface area contributed by atoms with Gasteiger partial charge >= 0.3 is 0 Å². The minimum Gasteiger partial charge on any atom is -0.457 e. The molecule has 3 aromatic carbocycles. The maximum absolute atomic E-state index is 12.8. The Morgan fingerprint density at radius 3 is 1.86 bits per heavy atom. The molecule has 0 saturated carbocycles. The number of rotatable bonds is 5. The predicted octanol–water partition coefficient (Wildman–Crippen LogP) is 5.21. The molecule has 0 bridgehead atoms. The number of nitrogens with zero attached hydrogens (tertiary/aromatic N) is 1. The van der Waals surface area contributed by atoms with Crippen molar-refractivity contribution in [3.05, 3.63) is 96.1 Å². The van der Waals surface area contributed by atoms with Gasteiger partial charge in [0.25, 0.3) is 5.91 Å². The first-order valence-corrected chi connectivity index (χ1v) is 9.92. The van der Waals surface area contributed by atoms with Gasteiger partial charge in [0.15, 0.2) is 5.78 Å². The Kier molecular flexibility index (Phi) is 5.71. The number of ketones is 1. The number of benzene rings is 3. The van der Waals surface area contributed by atoms with Crippen molar-refractivity contribution in [2.75, 3.05) is 13.1 Å². The van der Waals surface area contributed by atoms with E-state index in [0.717, 1.165) is 11.3 Å². The number of amides is 1. The van der Waals surface area contributed by atoms with Gasteiger partial charge in [0.1, 0.15) is 11.5 Å². The van der Waals surface area contributed by atoms with Crippen LogP contribution in [0.5, 0.6) is 11.5 Å². The van der Waals surface area contributed by atoms with Crippen LogP contribution in [0.4, 0.5) is 0 Å². The Morgan fingerprint density at radius 1 is 0.690 bits per heavy atom. The van der Waals surface area contributed by atoms with Crippen LogP contribution in [0.3, 0.4) is 0 Å². The van der Waals surface area contributed by atoms with Gasteiger partial charge in [0.05, 0.1) is 0 Å². The standard InChI is InChI=1S/C25H23NO3/c27-24(19-7-3-1-4-8-19)20-15-17-26(18-16-20)25(28)21-11-13-23(14-12-21)29-22-9-5-2-6-10-22/h1-14,20H,15-18H2. The number of carbonyl (C=O) groups is 2. The first kappa shape index (κ1) is 18.9. The average molecular weight is 385 g/mol. The van der Waals surface area contributed by atoms with Gasteiger partial charge in [0, 0.05) is 30.1 Å². The fourth-order valence-electron chi connectivity index (χ4n) is 3.66. The van der Waals surface area contributed by atoms with Crippen LogP contribution in [-0.4, -0.2) is 29.7 Å². The number of para-hydroxylation sites is 1. The van der Waals surface area contributed by atoms with Gasteiger partial charge in [0.2, 0.25) is 0 Å². The molecule has 1 heterocycles. The number of carbonyl (C=O) groups excluding carboxylic acids is 2. The van der Waals surface area contributed by atoms with E-state index in [-0.39, 0.29) is 17.6 Å². The van der Waals surface area contributed by atoms with Crippen molar-refractivity contribution in [3.63, 3.8) is 0 Å². The van der Waals surface area contributed by atoms with Gasteiger partial charge in [-0.3, -0.25) is 9.59 Å². The molecule has 1 aliphatic heterocycles. The highest BCUT2D eigenvalue weighted by atomic mass is 16.5. The molecule has 3 aromatic rings. The number of hydrogen-bond donors (Lipinski definition) is 0. The van der Waals surface area contributed by atoms with Gasteiger partial charge in [-0.15, -0.1) is 0 Å². The third-order valence-corrected chi connectivity index (χ3v) is 5.29. The quantitative estimate of drug-likeness (QED) is 0.566. The van der Waals surface area contributed by atoms with Crippen molar-refractivity contribution in [1.29, 1.82) is 0 Å². The summed E-state index contributed by atoms with van der Waals surface area (Å²) < 4.78 is 5.78. The van der Waals surface area contributed by atoms with Crippen LogP contribution in [0.15, 0.2) is 84.9 Å². The molecule has 4 nitrogen and oxygen atoms in total. The highest BCUT2D eigenvalue weighted by Gasteiger charge is 2.28. The second kappa shape index (κ2) is 8.74. The van der Waals surface area contributed by atoms with Crippen LogP contribution in [0.25, 0.3) is 0 Å². The van der Waals surface area contributed by atoms with Crippen LogP contribution in [0, 0.1) is 5.92 Å². The highest BCUT2D eigenvalue weighted by Crippen LogP contribution is 2.25. The van der Waals surface area contributed by atoms with E-state index in [1.54, 1.807) is 12.1 Å². The van der Waals surface area contributed by atoms with Crippen LogP contribution < -0.4 is 4.74 Å². The molecule has 4 heteroatoms. The Morgan fingerprint density at radius 2 is 1.24 bits per heavy atom. The normalized spacial score (nSPS) is 14.4. The smallest absolute Gasteiger partial charge is 0.253 e. The van der Waals surface area contributed by atoms with Gasteiger partial charge < -0.3 is 9.64 Å². The Hall–Kier alpha value is -3.40. The van der Waals surface area contributed by atoms with E-state index in [1.165, 1.54) is 0 Å². The molecule has 0 atom stereocenters. The summed E-state index contributed by atoms with van der Waals surface area (Å²) in [5.41, 5.74) is 1.39. The molecule has 1 aliphatic rings. The molecule has 0 radical (unpaired) electrons. The zero-order valence-corrected chi connectivity index (χ0v) is 16.2. The zero-order valence-electron chi connectivity index (χ0n) is 16.2. The SMILES string of the molecule is O=C(c1ccccc1)C1CCN(C(=O)c2ccc(Oc3ccccc3)cc2)CC1. The lowest BCUT2D eigenvalue weighted by atomic mass is 9.88. The van der Waals surface area contributed by atoms with Crippen LogP contribution in [0.2, 0.25) is 0 Å². The molecule has 1 amide bonds. The lowest BCUT2D eigenvalue weighted by Gasteiger charge is -2.31. The van der Waals surface area contributed by atoms with Gasteiger partial charge in [-0.2, -0.15) is 0 Å². The summed E-state index contributed by atoms with van der Waals surface area (Å²) in [5.74, 6) is 1.63. The van der Waals surface area contributed by atoms with E-state index in [2.05, 4.69) is 0 Å². The summed E-state index contributed by atoms with van der Waals surface area (Å²) in [6.45, 7) is 1.20. The lowest BCUT2D eigenvalue weighted by Crippen LogP contribution is -2.40. The average Bonchev–Trinajstić information content (AvgIpc) is 2.80. The maximum atomic E-state index is 12.8. The summed E-state index contributed by atoms with van der Waals surface area (Å²) >= 11 is 0. The minimum atomic E-state index is -0.0110. The lowest BCUT2D eigenvalue weighted by molar-refractivity contribution is 0.0650. The molecule has 0 aliphatic carbocycles. The van der Waals surface area contributed by atoms with Crippen molar-refractivity contribution in [3.8, 4) is 11.5 Å². The summed E-state index contributed by atoms with van der Waals surface area (Å²) in [4.78, 5) is 27.3. The van der Waals surface area contributed by atoms with Gasteiger partial charge in [-0.1, -0.05) is 48.5 Å². The maximum Gasteiger partial charge on any atom is 0.253 e. The van der Waals surface area contributed by atoms with Crippen molar-refractivity contribution in [1.82, 2.24) is 4.90 Å². The molecule has 1 saturated heterocycles. The number of ether oxygens (including phenoxy) is 1. The zero-order chi connectivity index (χ0) is 20.1. The second-order valence-electron chi connectivity index (χ2n) is 7.24. The molecule has 146 valence electrons. The topological polar surface area (TPSA) is 46.6 Å². The third kappa shape index (κ3) is 4.54. The van der Waals surface area contributed by atoms with E-state index < -0.39 is 0 Å². The van der Waals surface area contributed by atoms with E-state index in [1.807, 2.05) is 77.7 Å². The van der Waals surface area contributed by atoms with Crippen molar-refractivity contribution < 1.29 is 14.3 Å². The second-order valence-corrected chi connectivity index (χ2v) is 7.24. The molecular formula is C25H23NO3. The van der Waals surface area contributed by atoms with E-state index in [4.69, 9.17) is 4.74 Å². The van der Waals surface area contributed by atoms with E-state index in [9.17, 15) is 9.59 Å². The highest BCUT2D eigenvalue weighted by molar-refractivity contribution is 5.98. The summed E-state index contributed by atoms with van der Waals surface area (Å²) in [6.07, 6.45) is 1.41. The molecular weight excluding hydrogens is 362 g/mol. The molecule has 0 aromatic heterocycles. The molecule has 0 spiro atoms. The third-order valence-electron chi connectivity index (χ3n) is 5.29. The summed E-state index contributed by atoms with van der Waals surface area (Å²) in [7, 11) is 0. The Bertz CT molecular complexity index is 960. The largest absolute Gasteiger partial charge is 0.457 e. The number of Topliss-reactive ketones (excluding diaryl/α,β-unsaturated/α-hetero) is 1. The Labute approximate surface area is 170 Å².